The van der Waals surface area contributed by atoms with E-state index in [1.807, 2.05) is 48.6 Å². The van der Waals surface area contributed by atoms with E-state index >= 15 is 0 Å². The Balaban J connectivity index is 2.11. The number of hydrogen-bond acceptors (Lipinski definition) is 3. The molecule has 0 aliphatic rings. The largest absolute Gasteiger partial charge is 0.497 e. The average molecular weight is 263 g/mol. The fourth-order valence-corrected chi connectivity index (χ4v) is 1.72. The van der Waals surface area contributed by atoms with Crippen LogP contribution in [0.5, 0.6) is 5.75 Å². The van der Waals surface area contributed by atoms with E-state index in [0.29, 0.717) is 5.56 Å². The predicted molar refractivity (Wildman–Crippen MR) is 78.3 cm³/mol. The second-order valence-corrected chi connectivity index (χ2v) is 4.17. The normalized spacial score (nSPS) is 10.2. The lowest BCUT2D eigenvalue weighted by molar-refractivity contribution is 0.105. The van der Waals surface area contributed by atoms with Gasteiger partial charge in [-0.05, 0) is 35.4 Å². The second kappa shape index (κ2) is 6.35. The zero-order valence-corrected chi connectivity index (χ0v) is 11.0. The molecular weight excluding hydrogens is 250 g/mol. The summed E-state index contributed by atoms with van der Waals surface area (Å²) in [5.41, 5.74) is 2.44. The molecule has 0 aliphatic carbocycles. The molecule has 0 atom stereocenters. The van der Waals surface area contributed by atoms with Crippen LogP contribution in [0.2, 0.25) is 0 Å². The maximum Gasteiger partial charge on any atom is 0.262 e. The van der Waals surface area contributed by atoms with E-state index in [9.17, 15) is 4.79 Å². The molecule has 0 heterocycles. The molecular formula is C17H13NO2. The third-order valence-corrected chi connectivity index (χ3v) is 2.86. The van der Waals surface area contributed by atoms with E-state index in [1.54, 1.807) is 25.3 Å². The number of carbonyl (C=O) groups is 1. The van der Waals surface area contributed by atoms with Crippen molar-refractivity contribution in [1.29, 1.82) is 5.26 Å². The SMILES string of the molecule is COc1ccc(/C=C/c2ccc(C(=O)C#N)cc2)cc1. The summed E-state index contributed by atoms with van der Waals surface area (Å²) < 4.78 is 5.10. The molecule has 0 spiro atoms. The molecule has 0 fully saturated rings. The van der Waals surface area contributed by atoms with Crippen molar-refractivity contribution in [3.05, 3.63) is 65.2 Å². The smallest absolute Gasteiger partial charge is 0.262 e. The highest BCUT2D eigenvalue weighted by Crippen LogP contribution is 2.14. The monoisotopic (exact) mass is 263 g/mol. The molecule has 3 nitrogen and oxygen atoms in total. The van der Waals surface area contributed by atoms with Crippen molar-refractivity contribution < 1.29 is 9.53 Å². The summed E-state index contributed by atoms with van der Waals surface area (Å²) >= 11 is 0. The lowest BCUT2D eigenvalue weighted by Gasteiger charge is -1.99. The van der Waals surface area contributed by atoms with Crippen molar-refractivity contribution in [2.24, 2.45) is 0 Å². The summed E-state index contributed by atoms with van der Waals surface area (Å²) in [4.78, 5) is 11.2. The van der Waals surface area contributed by atoms with Crippen LogP contribution in [0.4, 0.5) is 0 Å². The predicted octanol–water partition coefficient (Wildman–Crippen LogP) is 3.57. The standard InChI is InChI=1S/C17H13NO2/c1-20-16-10-6-14(7-11-16)3-2-13-4-8-15(9-5-13)17(19)12-18/h2-11H,1H3/b3-2+. The molecule has 2 rings (SSSR count). The van der Waals surface area contributed by atoms with Crippen LogP contribution in [-0.2, 0) is 0 Å². The van der Waals surface area contributed by atoms with Crippen LogP contribution in [0.1, 0.15) is 21.5 Å². The molecule has 2 aromatic carbocycles. The lowest BCUT2D eigenvalue weighted by atomic mass is 10.1. The number of nitrogens with zero attached hydrogens (tertiary/aromatic N) is 1. The number of nitriles is 1. The van der Waals surface area contributed by atoms with Gasteiger partial charge in [0, 0.05) is 5.56 Å². The van der Waals surface area contributed by atoms with E-state index in [0.717, 1.165) is 16.9 Å². The first kappa shape index (κ1) is 13.6. The Hall–Kier alpha value is -2.86. The minimum atomic E-state index is -0.518. The van der Waals surface area contributed by atoms with Crippen LogP contribution in [0.3, 0.4) is 0 Å². The third-order valence-electron chi connectivity index (χ3n) is 2.86. The maximum absolute atomic E-state index is 11.2. The van der Waals surface area contributed by atoms with Crippen molar-refractivity contribution in [3.8, 4) is 11.8 Å². The molecule has 0 aliphatic heterocycles. The second-order valence-electron chi connectivity index (χ2n) is 4.17. The van der Waals surface area contributed by atoms with Gasteiger partial charge in [-0.2, -0.15) is 5.26 Å². The van der Waals surface area contributed by atoms with Crippen molar-refractivity contribution in [3.63, 3.8) is 0 Å². The molecule has 0 unspecified atom stereocenters. The Labute approximate surface area is 117 Å². The zero-order valence-electron chi connectivity index (χ0n) is 11.0. The first-order valence-corrected chi connectivity index (χ1v) is 6.09. The highest BCUT2D eigenvalue weighted by molar-refractivity contribution is 6.07. The van der Waals surface area contributed by atoms with Crippen LogP contribution < -0.4 is 4.74 Å². The molecule has 0 radical (unpaired) electrons. The van der Waals surface area contributed by atoms with Crippen LogP contribution in [0.15, 0.2) is 48.5 Å². The summed E-state index contributed by atoms with van der Waals surface area (Å²) in [5.74, 6) is 0.303. The van der Waals surface area contributed by atoms with E-state index in [4.69, 9.17) is 10.00 Å². The molecule has 0 saturated carbocycles. The molecule has 0 amide bonds. The van der Waals surface area contributed by atoms with Crippen LogP contribution in [0, 0.1) is 11.3 Å². The molecule has 0 N–H and O–H groups in total. The highest BCUT2D eigenvalue weighted by Gasteiger charge is 2.02. The van der Waals surface area contributed by atoms with Crippen molar-refractivity contribution in [1.82, 2.24) is 0 Å². The Bertz CT molecular complexity index is 662. The number of methoxy groups -OCH3 is 1. The molecule has 3 heteroatoms. The van der Waals surface area contributed by atoms with Crippen LogP contribution in [0.25, 0.3) is 12.2 Å². The summed E-state index contributed by atoms with van der Waals surface area (Å²) in [5, 5.41) is 8.53. The summed E-state index contributed by atoms with van der Waals surface area (Å²) in [6, 6.07) is 16.2. The minimum absolute atomic E-state index is 0.411. The van der Waals surface area contributed by atoms with Crippen molar-refractivity contribution >= 4 is 17.9 Å². The van der Waals surface area contributed by atoms with Gasteiger partial charge in [-0.1, -0.05) is 36.4 Å². The molecule has 0 bridgehead atoms. The fraction of sp³-hybridized carbons (Fsp3) is 0.0588. The topological polar surface area (TPSA) is 50.1 Å². The Morgan fingerprint density at radius 3 is 1.95 bits per heavy atom. The first-order valence-electron chi connectivity index (χ1n) is 6.09. The Kier molecular flexibility index (Phi) is 4.31. The summed E-state index contributed by atoms with van der Waals surface area (Å²) in [7, 11) is 1.63. The van der Waals surface area contributed by atoms with Crippen molar-refractivity contribution in [2.45, 2.75) is 0 Å². The minimum Gasteiger partial charge on any atom is -0.497 e. The van der Waals surface area contributed by atoms with Crippen LogP contribution in [-0.4, -0.2) is 12.9 Å². The Morgan fingerprint density at radius 1 is 1.00 bits per heavy atom. The molecule has 0 saturated heterocycles. The van der Waals surface area contributed by atoms with E-state index in [1.165, 1.54) is 0 Å². The highest BCUT2D eigenvalue weighted by atomic mass is 16.5. The van der Waals surface area contributed by atoms with Gasteiger partial charge in [-0.15, -0.1) is 0 Å². The number of carbonyl (C=O) groups excluding carboxylic acids is 1. The van der Waals surface area contributed by atoms with Gasteiger partial charge < -0.3 is 4.74 Å². The number of rotatable bonds is 4. The van der Waals surface area contributed by atoms with Gasteiger partial charge in [0.15, 0.2) is 0 Å². The first-order chi connectivity index (χ1) is 9.72. The molecule has 0 aromatic heterocycles. The van der Waals surface area contributed by atoms with Gasteiger partial charge in [0.25, 0.3) is 5.78 Å². The molecule has 2 aromatic rings. The maximum atomic E-state index is 11.2. The zero-order chi connectivity index (χ0) is 14.4. The van der Waals surface area contributed by atoms with Gasteiger partial charge in [0.1, 0.15) is 11.8 Å². The number of Topliss-reactive ketones (excluding diaryl/α,β-unsaturated/α-hetero) is 1. The van der Waals surface area contributed by atoms with E-state index < -0.39 is 5.78 Å². The summed E-state index contributed by atoms with van der Waals surface area (Å²) in [6.07, 6.45) is 3.92. The molecule has 20 heavy (non-hydrogen) atoms. The van der Waals surface area contributed by atoms with Gasteiger partial charge in [0.05, 0.1) is 7.11 Å². The fourth-order valence-electron chi connectivity index (χ4n) is 1.72. The summed E-state index contributed by atoms with van der Waals surface area (Å²) in [6.45, 7) is 0. The van der Waals surface area contributed by atoms with Crippen molar-refractivity contribution in [2.75, 3.05) is 7.11 Å². The van der Waals surface area contributed by atoms with E-state index in [2.05, 4.69) is 0 Å². The molecule has 98 valence electrons. The third kappa shape index (κ3) is 3.33. The average Bonchev–Trinajstić information content (AvgIpc) is 2.53. The lowest BCUT2D eigenvalue weighted by Crippen LogP contribution is -1.93. The number of benzene rings is 2. The van der Waals surface area contributed by atoms with Gasteiger partial charge >= 0.3 is 0 Å². The van der Waals surface area contributed by atoms with Gasteiger partial charge in [-0.25, -0.2) is 0 Å². The Morgan fingerprint density at radius 2 is 1.50 bits per heavy atom. The van der Waals surface area contributed by atoms with Crippen LogP contribution >= 0.6 is 0 Å². The quantitative estimate of drug-likeness (QED) is 0.481. The van der Waals surface area contributed by atoms with Gasteiger partial charge in [0.2, 0.25) is 0 Å². The van der Waals surface area contributed by atoms with Gasteiger partial charge in [-0.3, -0.25) is 4.79 Å². The van der Waals surface area contributed by atoms with E-state index in [-0.39, 0.29) is 0 Å². The number of hydrogen-bond donors (Lipinski definition) is 0. The number of ether oxygens (including phenoxy) is 1. The number of ketones is 1.